The van der Waals surface area contributed by atoms with Gasteiger partial charge in [0.2, 0.25) is 0 Å². The minimum Gasteiger partial charge on any atom is -0.334 e. The zero-order chi connectivity index (χ0) is 13.1. The van der Waals surface area contributed by atoms with Gasteiger partial charge in [0.15, 0.2) is 0 Å². The fourth-order valence-electron chi connectivity index (χ4n) is 2.07. The molecule has 0 radical (unpaired) electrons. The second-order valence-electron chi connectivity index (χ2n) is 4.17. The van der Waals surface area contributed by atoms with E-state index in [4.69, 9.17) is 5.84 Å². The number of aryl methyl sites for hydroxylation is 2. The molecule has 2 aromatic rings. The Balaban J connectivity index is 2.48. The van der Waals surface area contributed by atoms with Crippen LogP contribution in [0.3, 0.4) is 0 Å². The van der Waals surface area contributed by atoms with Crippen LogP contribution in [0.4, 0.5) is 4.39 Å². The van der Waals surface area contributed by atoms with Gasteiger partial charge in [-0.1, -0.05) is 6.07 Å². The van der Waals surface area contributed by atoms with Crippen LogP contribution in [0, 0.1) is 12.7 Å². The molecule has 1 aromatic carbocycles. The maximum Gasteiger partial charge on any atom is 0.131 e. The number of hydrogen-bond donors (Lipinski definition) is 2. The molecule has 1 unspecified atom stereocenters. The number of halogens is 1. The van der Waals surface area contributed by atoms with Crippen LogP contribution < -0.4 is 11.3 Å². The standard InChI is InChI=1S/C13H17FN4/c1-3-18-7-6-16-13(18)12(17-15)11-8-10(14)5-4-9(11)2/h4-8,12,17H,3,15H2,1-2H3. The lowest BCUT2D eigenvalue weighted by Crippen LogP contribution is -2.31. The van der Waals surface area contributed by atoms with Gasteiger partial charge in [-0.05, 0) is 37.1 Å². The second-order valence-corrected chi connectivity index (χ2v) is 4.17. The molecule has 0 bridgehead atoms. The van der Waals surface area contributed by atoms with E-state index in [1.807, 2.05) is 24.6 Å². The summed E-state index contributed by atoms with van der Waals surface area (Å²) in [6.45, 7) is 4.75. The third-order valence-electron chi connectivity index (χ3n) is 3.07. The number of imidazole rings is 1. The average molecular weight is 248 g/mol. The van der Waals surface area contributed by atoms with E-state index in [0.29, 0.717) is 0 Å². The fraction of sp³-hybridized carbons (Fsp3) is 0.308. The van der Waals surface area contributed by atoms with Crippen molar-refractivity contribution < 1.29 is 4.39 Å². The Kier molecular flexibility index (Phi) is 3.74. The third-order valence-corrected chi connectivity index (χ3v) is 3.07. The van der Waals surface area contributed by atoms with Crippen molar-refractivity contribution in [1.82, 2.24) is 15.0 Å². The first-order chi connectivity index (χ1) is 8.67. The predicted molar refractivity (Wildman–Crippen MR) is 68.2 cm³/mol. The number of aromatic nitrogens is 2. The Morgan fingerprint density at radius 2 is 2.28 bits per heavy atom. The monoisotopic (exact) mass is 248 g/mol. The lowest BCUT2D eigenvalue weighted by Gasteiger charge is -2.19. The summed E-state index contributed by atoms with van der Waals surface area (Å²) in [7, 11) is 0. The van der Waals surface area contributed by atoms with Gasteiger partial charge in [-0.3, -0.25) is 5.84 Å². The van der Waals surface area contributed by atoms with E-state index in [1.165, 1.54) is 12.1 Å². The van der Waals surface area contributed by atoms with E-state index in [-0.39, 0.29) is 11.9 Å². The molecule has 5 heteroatoms. The third kappa shape index (κ3) is 2.27. The molecule has 2 rings (SSSR count). The topological polar surface area (TPSA) is 55.9 Å². The lowest BCUT2D eigenvalue weighted by molar-refractivity contribution is 0.552. The Morgan fingerprint density at radius 3 is 2.94 bits per heavy atom. The molecule has 4 nitrogen and oxygen atoms in total. The molecule has 1 heterocycles. The number of rotatable bonds is 4. The second kappa shape index (κ2) is 5.29. The van der Waals surface area contributed by atoms with E-state index in [1.54, 1.807) is 12.3 Å². The van der Waals surface area contributed by atoms with Crippen molar-refractivity contribution in [2.24, 2.45) is 5.84 Å². The highest BCUT2D eigenvalue weighted by molar-refractivity contribution is 5.33. The molecule has 0 saturated heterocycles. The number of benzene rings is 1. The van der Waals surface area contributed by atoms with Gasteiger partial charge >= 0.3 is 0 Å². The quantitative estimate of drug-likeness (QED) is 0.642. The molecular weight excluding hydrogens is 231 g/mol. The van der Waals surface area contributed by atoms with Crippen molar-refractivity contribution in [2.45, 2.75) is 26.4 Å². The lowest BCUT2D eigenvalue weighted by atomic mass is 10.0. The van der Waals surface area contributed by atoms with Crippen molar-refractivity contribution >= 4 is 0 Å². The molecule has 0 aliphatic carbocycles. The zero-order valence-corrected chi connectivity index (χ0v) is 10.5. The van der Waals surface area contributed by atoms with Crippen molar-refractivity contribution in [3.63, 3.8) is 0 Å². The van der Waals surface area contributed by atoms with Crippen LogP contribution in [-0.2, 0) is 6.54 Å². The van der Waals surface area contributed by atoms with Gasteiger partial charge in [-0.2, -0.15) is 0 Å². The van der Waals surface area contributed by atoms with Crippen LogP contribution in [0.15, 0.2) is 30.6 Å². The molecular formula is C13H17FN4. The highest BCUT2D eigenvalue weighted by Gasteiger charge is 2.19. The zero-order valence-electron chi connectivity index (χ0n) is 10.5. The summed E-state index contributed by atoms with van der Waals surface area (Å²) in [6.07, 6.45) is 3.60. The smallest absolute Gasteiger partial charge is 0.131 e. The first-order valence-corrected chi connectivity index (χ1v) is 5.90. The van der Waals surface area contributed by atoms with Crippen molar-refractivity contribution in [1.29, 1.82) is 0 Å². The number of nitrogens with one attached hydrogen (secondary N) is 1. The molecule has 0 aliphatic heterocycles. The normalized spacial score (nSPS) is 12.7. The molecule has 0 amide bonds. The molecule has 1 aromatic heterocycles. The summed E-state index contributed by atoms with van der Waals surface area (Å²) in [5.74, 6) is 6.13. The van der Waals surface area contributed by atoms with Gasteiger partial charge < -0.3 is 4.57 Å². The molecule has 3 N–H and O–H groups in total. The van der Waals surface area contributed by atoms with Crippen LogP contribution >= 0.6 is 0 Å². The van der Waals surface area contributed by atoms with Crippen molar-refractivity contribution in [2.75, 3.05) is 0 Å². The summed E-state index contributed by atoms with van der Waals surface area (Å²) in [6, 6.07) is 4.37. The van der Waals surface area contributed by atoms with E-state index < -0.39 is 0 Å². The minimum atomic E-state index is -0.310. The number of hydrazine groups is 1. The van der Waals surface area contributed by atoms with E-state index in [2.05, 4.69) is 10.4 Å². The fourth-order valence-corrected chi connectivity index (χ4v) is 2.07. The predicted octanol–water partition coefficient (Wildman–Crippen LogP) is 1.90. The van der Waals surface area contributed by atoms with E-state index in [9.17, 15) is 4.39 Å². The van der Waals surface area contributed by atoms with Crippen LogP contribution in [0.25, 0.3) is 0 Å². The molecule has 0 fully saturated rings. The Hall–Kier alpha value is -1.72. The molecule has 96 valence electrons. The molecule has 18 heavy (non-hydrogen) atoms. The van der Waals surface area contributed by atoms with E-state index >= 15 is 0 Å². The molecule has 0 aliphatic rings. The summed E-state index contributed by atoms with van der Waals surface area (Å²) in [4.78, 5) is 4.30. The van der Waals surface area contributed by atoms with Gasteiger partial charge in [0.1, 0.15) is 17.7 Å². The highest BCUT2D eigenvalue weighted by atomic mass is 19.1. The summed E-state index contributed by atoms with van der Waals surface area (Å²) in [5, 5.41) is 0. The van der Waals surface area contributed by atoms with Crippen molar-refractivity contribution in [3.8, 4) is 0 Å². The van der Waals surface area contributed by atoms with Gasteiger partial charge in [0, 0.05) is 18.9 Å². The largest absolute Gasteiger partial charge is 0.334 e. The Morgan fingerprint density at radius 1 is 1.50 bits per heavy atom. The highest BCUT2D eigenvalue weighted by Crippen LogP contribution is 2.24. The summed E-state index contributed by atoms with van der Waals surface area (Å²) in [5.41, 5.74) is 4.49. The number of hydrogen-bond acceptors (Lipinski definition) is 3. The molecule has 0 saturated carbocycles. The maximum absolute atomic E-state index is 13.4. The number of nitrogens with two attached hydrogens (primary N) is 1. The Labute approximate surface area is 106 Å². The first kappa shape index (κ1) is 12.7. The SMILES string of the molecule is CCn1ccnc1C(NN)c1cc(F)ccc1C. The molecule has 1 atom stereocenters. The minimum absolute atomic E-state index is 0.273. The van der Waals surface area contributed by atoms with Gasteiger partial charge in [-0.25, -0.2) is 14.8 Å². The van der Waals surface area contributed by atoms with Crippen LogP contribution in [-0.4, -0.2) is 9.55 Å². The van der Waals surface area contributed by atoms with Gasteiger partial charge in [0.25, 0.3) is 0 Å². The number of nitrogens with zero attached hydrogens (tertiary/aromatic N) is 2. The van der Waals surface area contributed by atoms with Gasteiger partial charge in [-0.15, -0.1) is 0 Å². The summed E-state index contributed by atoms with van der Waals surface area (Å²) >= 11 is 0. The van der Waals surface area contributed by atoms with Crippen LogP contribution in [0.5, 0.6) is 0 Å². The summed E-state index contributed by atoms with van der Waals surface area (Å²) < 4.78 is 15.4. The maximum atomic E-state index is 13.4. The molecule has 0 spiro atoms. The Bertz CT molecular complexity index is 536. The van der Waals surface area contributed by atoms with E-state index in [0.717, 1.165) is 23.5 Å². The van der Waals surface area contributed by atoms with Crippen LogP contribution in [0.1, 0.15) is 29.9 Å². The van der Waals surface area contributed by atoms with Crippen LogP contribution in [0.2, 0.25) is 0 Å². The van der Waals surface area contributed by atoms with Crippen molar-refractivity contribution in [3.05, 3.63) is 53.4 Å². The van der Waals surface area contributed by atoms with Gasteiger partial charge in [0.05, 0.1) is 0 Å². The average Bonchev–Trinajstić information content (AvgIpc) is 2.83. The first-order valence-electron chi connectivity index (χ1n) is 5.90.